The molecule has 1 rings (SSSR count). The molecule has 1 heterocycles. The molecule has 2 N–H and O–H groups in total. The summed E-state index contributed by atoms with van der Waals surface area (Å²) in [7, 11) is 0. The second-order valence-corrected chi connectivity index (χ2v) is 2.10. The monoisotopic (exact) mass is 157 g/mol. The Balaban J connectivity index is 2.81. The summed E-state index contributed by atoms with van der Waals surface area (Å²) in [5, 5.41) is 17.5. The summed E-state index contributed by atoms with van der Waals surface area (Å²) in [5.41, 5.74) is 0.272. The Labute approximate surface area is 63.1 Å². The molecule has 0 fully saturated rings. The lowest BCUT2D eigenvalue weighted by atomic mass is 10.2. The third-order valence-corrected chi connectivity index (χ3v) is 1.26. The van der Waals surface area contributed by atoms with Gasteiger partial charge in [0.25, 0.3) is 0 Å². The average Bonchev–Trinajstić information content (AvgIpc) is 2.05. The zero-order valence-corrected chi connectivity index (χ0v) is 5.74. The summed E-state index contributed by atoms with van der Waals surface area (Å²) in [6.07, 6.45) is -0.0237. The highest BCUT2D eigenvalue weighted by Crippen LogP contribution is 2.08. The number of rotatable bonds is 2. The third kappa shape index (κ3) is 1.96. The Morgan fingerprint density at radius 3 is 2.73 bits per heavy atom. The Morgan fingerprint density at radius 1 is 1.55 bits per heavy atom. The zero-order chi connectivity index (χ0) is 8.27. The highest BCUT2D eigenvalue weighted by atomic mass is 19.1. The van der Waals surface area contributed by atoms with Crippen LogP contribution in [-0.4, -0.2) is 21.8 Å². The quantitative estimate of drug-likeness (QED) is 0.646. The smallest absolute Gasteiger partial charge is 0.141 e. The zero-order valence-electron chi connectivity index (χ0n) is 5.74. The van der Waals surface area contributed by atoms with Gasteiger partial charge < -0.3 is 10.2 Å². The average molecular weight is 157 g/mol. The molecule has 1 aromatic rings. The molecule has 0 aliphatic heterocycles. The lowest BCUT2D eigenvalue weighted by Crippen LogP contribution is -2.04. The van der Waals surface area contributed by atoms with Gasteiger partial charge in [0.15, 0.2) is 0 Å². The second-order valence-electron chi connectivity index (χ2n) is 2.10. The van der Waals surface area contributed by atoms with Crippen LogP contribution in [-0.2, 0) is 0 Å². The van der Waals surface area contributed by atoms with Crippen molar-refractivity contribution in [3.8, 4) is 0 Å². The first-order valence-electron chi connectivity index (χ1n) is 3.14. The van der Waals surface area contributed by atoms with Gasteiger partial charge in [-0.3, -0.25) is 4.98 Å². The van der Waals surface area contributed by atoms with Crippen LogP contribution < -0.4 is 0 Å². The van der Waals surface area contributed by atoms with E-state index in [1.165, 1.54) is 12.1 Å². The van der Waals surface area contributed by atoms with Gasteiger partial charge in [-0.1, -0.05) is 0 Å². The molecule has 0 radical (unpaired) electrons. The summed E-state index contributed by atoms with van der Waals surface area (Å²) in [5.74, 6) is -0.459. The predicted molar refractivity (Wildman–Crippen MR) is 36.2 cm³/mol. The number of halogens is 1. The molecule has 11 heavy (non-hydrogen) atoms. The van der Waals surface area contributed by atoms with Gasteiger partial charge in [0.2, 0.25) is 0 Å². The molecular formula is C7H8FNO2. The van der Waals surface area contributed by atoms with Crippen molar-refractivity contribution in [1.82, 2.24) is 4.98 Å². The van der Waals surface area contributed by atoms with Crippen LogP contribution in [0.5, 0.6) is 0 Å². The first kappa shape index (κ1) is 8.10. The van der Waals surface area contributed by atoms with E-state index in [0.29, 0.717) is 0 Å². The van der Waals surface area contributed by atoms with Crippen LogP contribution in [0.25, 0.3) is 0 Å². The fourth-order valence-electron chi connectivity index (χ4n) is 0.678. The van der Waals surface area contributed by atoms with Gasteiger partial charge in [0.1, 0.15) is 11.9 Å². The van der Waals surface area contributed by atoms with Gasteiger partial charge in [0, 0.05) is 0 Å². The summed E-state index contributed by atoms with van der Waals surface area (Å²) in [6.45, 7) is -0.404. The topological polar surface area (TPSA) is 53.4 Å². The molecule has 1 atom stereocenters. The first-order chi connectivity index (χ1) is 5.24. The summed E-state index contributed by atoms with van der Waals surface area (Å²) >= 11 is 0. The maximum absolute atomic E-state index is 12.2. The Bertz CT molecular complexity index is 224. The number of hydrogen-bond acceptors (Lipinski definition) is 3. The highest BCUT2D eigenvalue weighted by molar-refractivity contribution is 5.07. The minimum atomic E-state index is -1.02. The van der Waals surface area contributed by atoms with Gasteiger partial charge >= 0.3 is 0 Å². The molecule has 0 aliphatic carbocycles. The van der Waals surface area contributed by atoms with E-state index >= 15 is 0 Å². The van der Waals surface area contributed by atoms with Crippen LogP contribution >= 0.6 is 0 Å². The molecule has 0 spiro atoms. The van der Waals surface area contributed by atoms with E-state index in [9.17, 15) is 4.39 Å². The van der Waals surface area contributed by atoms with Gasteiger partial charge in [-0.05, 0) is 12.1 Å². The minimum Gasteiger partial charge on any atom is -0.393 e. The molecule has 0 aromatic carbocycles. The molecule has 60 valence electrons. The van der Waals surface area contributed by atoms with Gasteiger partial charge in [-0.15, -0.1) is 0 Å². The van der Waals surface area contributed by atoms with Crippen molar-refractivity contribution in [2.75, 3.05) is 6.61 Å². The van der Waals surface area contributed by atoms with Gasteiger partial charge in [-0.25, -0.2) is 4.39 Å². The van der Waals surface area contributed by atoms with E-state index in [2.05, 4.69) is 4.98 Å². The van der Waals surface area contributed by atoms with Crippen LogP contribution in [0.15, 0.2) is 18.3 Å². The Kier molecular flexibility index (Phi) is 2.51. The van der Waals surface area contributed by atoms with Crippen molar-refractivity contribution in [3.05, 3.63) is 29.8 Å². The maximum Gasteiger partial charge on any atom is 0.141 e. The maximum atomic E-state index is 12.2. The van der Waals surface area contributed by atoms with E-state index in [1.54, 1.807) is 0 Å². The van der Waals surface area contributed by atoms with Crippen molar-refractivity contribution >= 4 is 0 Å². The van der Waals surface area contributed by atoms with Crippen LogP contribution in [0.1, 0.15) is 11.8 Å². The van der Waals surface area contributed by atoms with E-state index in [4.69, 9.17) is 10.2 Å². The van der Waals surface area contributed by atoms with E-state index in [1.807, 2.05) is 0 Å². The fourth-order valence-corrected chi connectivity index (χ4v) is 0.678. The van der Waals surface area contributed by atoms with Gasteiger partial charge in [0.05, 0.1) is 18.5 Å². The molecular weight excluding hydrogens is 149 g/mol. The largest absolute Gasteiger partial charge is 0.393 e. The number of aromatic nitrogens is 1. The number of nitrogens with zero attached hydrogens (tertiary/aromatic N) is 1. The van der Waals surface area contributed by atoms with Crippen LogP contribution in [0, 0.1) is 5.82 Å². The van der Waals surface area contributed by atoms with Crippen LogP contribution in [0.4, 0.5) is 4.39 Å². The van der Waals surface area contributed by atoms with Crippen molar-refractivity contribution < 1.29 is 14.6 Å². The van der Waals surface area contributed by atoms with Crippen molar-refractivity contribution in [1.29, 1.82) is 0 Å². The third-order valence-electron chi connectivity index (χ3n) is 1.26. The Hall–Kier alpha value is -1.00. The van der Waals surface area contributed by atoms with Crippen LogP contribution in [0.2, 0.25) is 0 Å². The molecule has 3 nitrogen and oxygen atoms in total. The van der Waals surface area contributed by atoms with Gasteiger partial charge in [-0.2, -0.15) is 0 Å². The van der Waals surface area contributed by atoms with Crippen LogP contribution in [0.3, 0.4) is 0 Å². The minimum absolute atomic E-state index is 0.272. The molecule has 0 saturated heterocycles. The number of aliphatic hydroxyl groups excluding tert-OH is 2. The lowest BCUT2D eigenvalue weighted by molar-refractivity contribution is 0.0921. The fraction of sp³-hybridized carbons (Fsp3) is 0.286. The summed E-state index contributed by atoms with van der Waals surface area (Å²) in [4.78, 5) is 3.56. The number of hydrogen-bond donors (Lipinski definition) is 2. The highest BCUT2D eigenvalue weighted by Gasteiger charge is 2.05. The molecule has 0 amide bonds. The molecule has 1 aromatic heterocycles. The number of pyridine rings is 1. The van der Waals surface area contributed by atoms with E-state index in [0.717, 1.165) is 6.20 Å². The van der Waals surface area contributed by atoms with Crippen molar-refractivity contribution in [3.63, 3.8) is 0 Å². The molecule has 0 unspecified atom stereocenters. The molecule has 4 heteroatoms. The summed E-state index contributed by atoms with van der Waals surface area (Å²) in [6, 6.07) is 2.51. The van der Waals surface area contributed by atoms with E-state index in [-0.39, 0.29) is 5.69 Å². The normalized spacial score (nSPS) is 13.0. The standard InChI is InChI=1S/C7H8FNO2/c8-5-1-2-6(9-3-5)7(11)4-10/h1-3,7,10-11H,4H2/t7-/m0/s1. The molecule has 0 aliphatic rings. The van der Waals surface area contributed by atoms with Crippen molar-refractivity contribution in [2.45, 2.75) is 6.10 Å². The summed E-state index contributed by atoms with van der Waals surface area (Å²) < 4.78 is 12.2. The molecule has 0 saturated carbocycles. The van der Waals surface area contributed by atoms with E-state index < -0.39 is 18.5 Å². The molecule has 0 bridgehead atoms. The lowest BCUT2D eigenvalue weighted by Gasteiger charge is -2.04. The van der Waals surface area contributed by atoms with Crippen molar-refractivity contribution in [2.24, 2.45) is 0 Å². The number of aliphatic hydroxyl groups is 2. The first-order valence-corrected chi connectivity index (χ1v) is 3.14. The Morgan fingerprint density at radius 2 is 2.27 bits per heavy atom. The predicted octanol–water partition coefficient (Wildman–Crippen LogP) is 0.246. The second kappa shape index (κ2) is 3.41. The SMILES string of the molecule is OC[C@H](O)c1ccc(F)cn1.